The molecule has 0 spiro atoms. The number of benzene rings is 1. The summed E-state index contributed by atoms with van der Waals surface area (Å²) in [6, 6.07) is 7.91. The van der Waals surface area contributed by atoms with Crippen LogP contribution >= 0.6 is 0 Å². The molecule has 2 atom stereocenters. The molecule has 1 heterocycles. The topological polar surface area (TPSA) is 27.7 Å². The summed E-state index contributed by atoms with van der Waals surface area (Å²) < 4.78 is 17.5. The molecule has 3 nitrogen and oxygen atoms in total. The highest BCUT2D eigenvalue weighted by molar-refractivity contribution is 5.27. The molecule has 0 bridgehead atoms. The van der Waals surface area contributed by atoms with Gasteiger partial charge in [-0.3, -0.25) is 0 Å². The van der Waals surface area contributed by atoms with Gasteiger partial charge in [0, 0.05) is 6.42 Å². The SMILES string of the molecule is CCC1(Oc2cccc(C)c2)OC(C)C(C)O1. The molecule has 1 aliphatic heterocycles. The Hall–Kier alpha value is -1.06. The minimum Gasteiger partial charge on any atom is -0.439 e. The van der Waals surface area contributed by atoms with Gasteiger partial charge in [0.25, 0.3) is 0 Å². The van der Waals surface area contributed by atoms with E-state index >= 15 is 0 Å². The summed E-state index contributed by atoms with van der Waals surface area (Å²) in [5.74, 6) is -0.139. The van der Waals surface area contributed by atoms with Crippen LogP contribution < -0.4 is 4.74 Å². The third-order valence-electron chi connectivity index (χ3n) is 3.09. The standard InChI is InChI=1S/C14H20O3/c1-5-14(15-11(3)12(4)16-14)17-13-8-6-7-10(2)9-13/h6-9,11-12H,5H2,1-4H3. The fourth-order valence-electron chi connectivity index (χ4n) is 1.93. The molecule has 1 fully saturated rings. The first kappa shape index (κ1) is 12.4. The number of rotatable bonds is 3. The zero-order valence-corrected chi connectivity index (χ0v) is 10.9. The van der Waals surface area contributed by atoms with Gasteiger partial charge in [-0.2, -0.15) is 0 Å². The fourth-order valence-corrected chi connectivity index (χ4v) is 1.93. The van der Waals surface area contributed by atoms with Gasteiger partial charge in [0.2, 0.25) is 0 Å². The lowest BCUT2D eigenvalue weighted by Gasteiger charge is -2.27. The van der Waals surface area contributed by atoms with Gasteiger partial charge in [0.05, 0.1) is 12.2 Å². The van der Waals surface area contributed by atoms with Crippen LogP contribution in [0.3, 0.4) is 0 Å². The Morgan fingerprint density at radius 1 is 1.24 bits per heavy atom. The Morgan fingerprint density at radius 2 is 1.88 bits per heavy atom. The van der Waals surface area contributed by atoms with Crippen LogP contribution in [-0.4, -0.2) is 18.2 Å². The summed E-state index contributed by atoms with van der Waals surface area (Å²) in [4.78, 5) is 0. The largest absolute Gasteiger partial charge is 0.439 e. The first-order valence-corrected chi connectivity index (χ1v) is 6.16. The Balaban J connectivity index is 2.16. The lowest BCUT2D eigenvalue weighted by molar-refractivity contribution is -0.298. The van der Waals surface area contributed by atoms with Crippen molar-refractivity contribution >= 4 is 0 Å². The molecule has 2 unspecified atom stereocenters. The summed E-state index contributed by atoms with van der Waals surface area (Å²) in [6.45, 7) is 8.04. The number of ether oxygens (including phenoxy) is 3. The normalized spacial score (nSPS) is 32.7. The maximum absolute atomic E-state index is 5.89. The quantitative estimate of drug-likeness (QED) is 0.806. The molecule has 1 aliphatic rings. The zero-order valence-electron chi connectivity index (χ0n) is 10.9. The lowest BCUT2D eigenvalue weighted by Crippen LogP contribution is -2.37. The van der Waals surface area contributed by atoms with E-state index < -0.39 is 5.97 Å². The molecule has 0 aromatic heterocycles. The summed E-state index contributed by atoms with van der Waals surface area (Å²) in [6.07, 6.45) is 0.773. The Morgan fingerprint density at radius 3 is 2.41 bits per heavy atom. The summed E-state index contributed by atoms with van der Waals surface area (Å²) in [5, 5.41) is 0. The Bertz CT molecular complexity index is 379. The van der Waals surface area contributed by atoms with E-state index in [2.05, 4.69) is 0 Å². The second kappa shape index (κ2) is 4.67. The van der Waals surface area contributed by atoms with Gasteiger partial charge in [0.15, 0.2) is 0 Å². The van der Waals surface area contributed by atoms with Crippen molar-refractivity contribution in [3.63, 3.8) is 0 Å². The summed E-state index contributed by atoms with van der Waals surface area (Å²) in [7, 11) is 0. The minimum absolute atomic E-state index is 0.0553. The van der Waals surface area contributed by atoms with E-state index in [0.29, 0.717) is 6.42 Å². The molecule has 1 aromatic carbocycles. The minimum atomic E-state index is -0.924. The monoisotopic (exact) mass is 236 g/mol. The van der Waals surface area contributed by atoms with Crippen LogP contribution in [0.4, 0.5) is 0 Å². The van der Waals surface area contributed by atoms with Gasteiger partial charge in [0.1, 0.15) is 5.75 Å². The zero-order chi connectivity index (χ0) is 12.5. The van der Waals surface area contributed by atoms with E-state index in [1.165, 1.54) is 0 Å². The number of hydrogen-bond donors (Lipinski definition) is 0. The molecule has 1 aromatic rings. The second-order valence-electron chi connectivity index (χ2n) is 4.60. The van der Waals surface area contributed by atoms with Crippen LogP contribution in [0, 0.1) is 6.92 Å². The van der Waals surface area contributed by atoms with Gasteiger partial charge in [-0.15, -0.1) is 0 Å². The van der Waals surface area contributed by atoms with E-state index in [4.69, 9.17) is 14.2 Å². The van der Waals surface area contributed by atoms with Crippen molar-refractivity contribution in [1.29, 1.82) is 0 Å². The van der Waals surface area contributed by atoms with Crippen molar-refractivity contribution in [2.75, 3.05) is 0 Å². The highest BCUT2D eigenvalue weighted by Gasteiger charge is 2.45. The molecule has 3 heteroatoms. The first-order chi connectivity index (χ1) is 8.04. The van der Waals surface area contributed by atoms with E-state index in [0.717, 1.165) is 11.3 Å². The predicted octanol–water partition coefficient (Wildman–Crippen LogP) is 3.26. The average Bonchev–Trinajstić information content (AvgIpc) is 2.55. The maximum Gasteiger partial charge on any atom is 0.327 e. The third kappa shape index (κ3) is 2.61. The number of hydrogen-bond acceptors (Lipinski definition) is 3. The average molecular weight is 236 g/mol. The van der Waals surface area contributed by atoms with Gasteiger partial charge < -0.3 is 14.2 Å². The van der Waals surface area contributed by atoms with E-state index in [-0.39, 0.29) is 12.2 Å². The molecular formula is C14H20O3. The van der Waals surface area contributed by atoms with E-state index in [1.807, 2.05) is 52.0 Å². The molecule has 0 aliphatic carbocycles. The molecule has 0 amide bonds. The molecule has 0 saturated carbocycles. The maximum atomic E-state index is 5.89. The van der Waals surface area contributed by atoms with Crippen LogP contribution in [0.25, 0.3) is 0 Å². The first-order valence-electron chi connectivity index (χ1n) is 6.16. The van der Waals surface area contributed by atoms with Crippen molar-refractivity contribution in [1.82, 2.24) is 0 Å². The van der Waals surface area contributed by atoms with Gasteiger partial charge >= 0.3 is 5.97 Å². The smallest absolute Gasteiger partial charge is 0.327 e. The molecule has 17 heavy (non-hydrogen) atoms. The van der Waals surface area contributed by atoms with Crippen LogP contribution in [0.2, 0.25) is 0 Å². The van der Waals surface area contributed by atoms with Crippen LogP contribution in [-0.2, 0) is 9.47 Å². The van der Waals surface area contributed by atoms with Crippen LogP contribution in [0.1, 0.15) is 32.8 Å². The van der Waals surface area contributed by atoms with Crippen LogP contribution in [0.15, 0.2) is 24.3 Å². The van der Waals surface area contributed by atoms with Crippen molar-refractivity contribution in [2.45, 2.75) is 52.3 Å². The molecule has 0 N–H and O–H groups in total. The van der Waals surface area contributed by atoms with Gasteiger partial charge in [-0.25, -0.2) is 0 Å². The van der Waals surface area contributed by atoms with Crippen molar-refractivity contribution in [3.8, 4) is 5.75 Å². The van der Waals surface area contributed by atoms with Crippen molar-refractivity contribution in [2.24, 2.45) is 0 Å². The van der Waals surface area contributed by atoms with Crippen LogP contribution in [0.5, 0.6) is 5.75 Å². The molecule has 0 radical (unpaired) electrons. The third-order valence-corrected chi connectivity index (χ3v) is 3.09. The lowest BCUT2D eigenvalue weighted by atomic mass is 10.2. The predicted molar refractivity (Wildman–Crippen MR) is 65.9 cm³/mol. The summed E-state index contributed by atoms with van der Waals surface area (Å²) in [5.41, 5.74) is 1.16. The highest BCUT2D eigenvalue weighted by atomic mass is 16.9. The molecule has 1 saturated heterocycles. The van der Waals surface area contributed by atoms with Crippen molar-refractivity contribution in [3.05, 3.63) is 29.8 Å². The van der Waals surface area contributed by atoms with Crippen molar-refractivity contribution < 1.29 is 14.2 Å². The Kier molecular flexibility index (Phi) is 3.40. The molecule has 2 rings (SSSR count). The second-order valence-corrected chi connectivity index (χ2v) is 4.60. The number of aryl methyl sites for hydroxylation is 1. The van der Waals surface area contributed by atoms with E-state index in [9.17, 15) is 0 Å². The fraction of sp³-hybridized carbons (Fsp3) is 0.571. The molecular weight excluding hydrogens is 216 g/mol. The summed E-state index contributed by atoms with van der Waals surface area (Å²) >= 11 is 0. The molecule has 94 valence electrons. The van der Waals surface area contributed by atoms with E-state index in [1.54, 1.807) is 0 Å². The Labute approximate surface area is 103 Å². The van der Waals surface area contributed by atoms with Gasteiger partial charge in [-0.05, 0) is 38.5 Å². The highest BCUT2D eigenvalue weighted by Crippen LogP contribution is 2.33. The van der Waals surface area contributed by atoms with Gasteiger partial charge in [-0.1, -0.05) is 19.1 Å².